The molecule has 0 bridgehead atoms. The summed E-state index contributed by atoms with van der Waals surface area (Å²) >= 11 is 5.80. The van der Waals surface area contributed by atoms with Crippen molar-refractivity contribution in [2.75, 3.05) is 6.54 Å². The smallest absolute Gasteiger partial charge is 0.144 e. The van der Waals surface area contributed by atoms with E-state index in [1.807, 2.05) is 12.1 Å². The molecule has 1 unspecified atom stereocenters. The second-order valence-electron chi connectivity index (χ2n) is 5.82. The monoisotopic (exact) mass is 271 g/mol. The van der Waals surface area contributed by atoms with Gasteiger partial charge in [-0.05, 0) is 51.3 Å². The average Bonchev–Trinajstić information content (AvgIpc) is 2.28. The quantitative estimate of drug-likeness (QED) is 0.835. The van der Waals surface area contributed by atoms with Gasteiger partial charge in [-0.15, -0.1) is 0 Å². The van der Waals surface area contributed by atoms with Crippen LogP contribution in [0.3, 0.4) is 0 Å². The lowest BCUT2D eigenvalue weighted by atomic mass is 9.95. The molecule has 0 spiro atoms. The standard InChI is InChI=1S/C15H23ClFN/c1-5-11(10-18-15(2,3)4)9-12-7-6-8-13(16)14(12)17/h6-8,11,18H,5,9-10H2,1-4H3. The van der Waals surface area contributed by atoms with Crippen molar-refractivity contribution in [3.05, 3.63) is 34.6 Å². The molecule has 0 aromatic heterocycles. The summed E-state index contributed by atoms with van der Waals surface area (Å²) in [6.07, 6.45) is 1.75. The summed E-state index contributed by atoms with van der Waals surface area (Å²) in [6.45, 7) is 9.45. The van der Waals surface area contributed by atoms with Gasteiger partial charge in [0.2, 0.25) is 0 Å². The Morgan fingerprint density at radius 1 is 1.33 bits per heavy atom. The summed E-state index contributed by atoms with van der Waals surface area (Å²) in [7, 11) is 0. The maximum Gasteiger partial charge on any atom is 0.144 e. The fourth-order valence-corrected chi connectivity index (χ4v) is 2.02. The third kappa shape index (κ3) is 4.95. The largest absolute Gasteiger partial charge is 0.312 e. The Morgan fingerprint density at radius 2 is 2.00 bits per heavy atom. The zero-order valence-electron chi connectivity index (χ0n) is 11.7. The highest BCUT2D eigenvalue weighted by atomic mass is 35.5. The van der Waals surface area contributed by atoms with Gasteiger partial charge in [0.05, 0.1) is 5.02 Å². The lowest BCUT2D eigenvalue weighted by Gasteiger charge is -2.25. The molecular weight excluding hydrogens is 249 g/mol. The maximum absolute atomic E-state index is 13.8. The number of benzene rings is 1. The fourth-order valence-electron chi connectivity index (χ4n) is 1.83. The normalized spacial score (nSPS) is 13.7. The van der Waals surface area contributed by atoms with Crippen molar-refractivity contribution in [3.8, 4) is 0 Å². The molecule has 0 aliphatic rings. The Hall–Kier alpha value is -0.600. The number of nitrogens with one attached hydrogen (secondary N) is 1. The summed E-state index contributed by atoms with van der Waals surface area (Å²) in [5.41, 5.74) is 0.811. The van der Waals surface area contributed by atoms with Crippen LogP contribution in [-0.2, 0) is 6.42 Å². The van der Waals surface area contributed by atoms with Crippen LogP contribution in [0.4, 0.5) is 4.39 Å². The highest BCUT2D eigenvalue weighted by molar-refractivity contribution is 6.30. The first-order chi connectivity index (χ1) is 8.33. The molecule has 18 heavy (non-hydrogen) atoms. The predicted octanol–water partition coefficient (Wildman–Crippen LogP) is 4.44. The van der Waals surface area contributed by atoms with Crippen LogP contribution in [0.25, 0.3) is 0 Å². The molecule has 0 fully saturated rings. The van der Waals surface area contributed by atoms with E-state index in [0.29, 0.717) is 11.5 Å². The SMILES string of the molecule is CCC(CNC(C)(C)C)Cc1cccc(Cl)c1F. The molecule has 3 heteroatoms. The molecule has 0 saturated heterocycles. The molecular formula is C15H23ClFN. The van der Waals surface area contributed by atoms with Crippen LogP contribution in [0.15, 0.2) is 18.2 Å². The lowest BCUT2D eigenvalue weighted by molar-refractivity contribution is 0.361. The maximum atomic E-state index is 13.8. The molecule has 1 aromatic carbocycles. The van der Waals surface area contributed by atoms with E-state index >= 15 is 0 Å². The zero-order chi connectivity index (χ0) is 13.8. The van der Waals surface area contributed by atoms with E-state index in [1.54, 1.807) is 6.07 Å². The third-order valence-electron chi connectivity index (χ3n) is 3.04. The van der Waals surface area contributed by atoms with Crippen LogP contribution < -0.4 is 5.32 Å². The molecule has 1 atom stereocenters. The molecule has 0 aliphatic heterocycles. The summed E-state index contributed by atoms with van der Waals surface area (Å²) in [4.78, 5) is 0. The summed E-state index contributed by atoms with van der Waals surface area (Å²) < 4.78 is 13.8. The minimum atomic E-state index is -0.270. The van der Waals surface area contributed by atoms with Crippen molar-refractivity contribution in [2.24, 2.45) is 5.92 Å². The molecule has 0 saturated carbocycles. The molecule has 102 valence electrons. The Morgan fingerprint density at radius 3 is 2.56 bits per heavy atom. The van der Waals surface area contributed by atoms with Crippen LogP contribution in [0.2, 0.25) is 5.02 Å². The van der Waals surface area contributed by atoms with Gasteiger partial charge in [-0.2, -0.15) is 0 Å². The first-order valence-corrected chi connectivity index (χ1v) is 6.89. The second-order valence-corrected chi connectivity index (χ2v) is 6.23. The molecule has 0 amide bonds. The molecule has 1 rings (SSSR count). The Balaban J connectivity index is 2.65. The van der Waals surface area contributed by atoms with E-state index in [0.717, 1.165) is 19.4 Å². The summed E-state index contributed by atoms with van der Waals surface area (Å²) in [5, 5.41) is 3.69. The molecule has 0 heterocycles. The Kier molecular flexibility index (Phi) is 5.61. The van der Waals surface area contributed by atoms with Gasteiger partial charge in [0.25, 0.3) is 0 Å². The molecule has 0 radical (unpaired) electrons. The van der Waals surface area contributed by atoms with Crippen LogP contribution in [0.1, 0.15) is 39.7 Å². The van der Waals surface area contributed by atoms with Gasteiger partial charge >= 0.3 is 0 Å². The van der Waals surface area contributed by atoms with Crippen molar-refractivity contribution in [2.45, 2.75) is 46.1 Å². The van der Waals surface area contributed by atoms with Gasteiger partial charge in [-0.25, -0.2) is 4.39 Å². The van der Waals surface area contributed by atoms with Gasteiger partial charge in [-0.1, -0.05) is 37.1 Å². The van der Waals surface area contributed by atoms with Gasteiger partial charge in [-0.3, -0.25) is 0 Å². The van der Waals surface area contributed by atoms with Crippen molar-refractivity contribution in [1.29, 1.82) is 0 Å². The van der Waals surface area contributed by atoms with Crippen molar-refractivity contribution in [1.82, 2.24) is 5.32 Å². The minimum absolute atomic E-state index is 0.0975. The van der Waals surface area contributed by atoms with E-state index in [9.17, 15) is 4.39 Å². The Bertz CT molecular complexity index is 385. The fraction of sp³-hybridized carbons (Fsp3) is 0.600. The van der Waals surface area contributed by atoms with Crippen LogP contribution >= 0.6 is 11.6 Å². The van der Waals surface area contributed by atoms with Crippen LogP contribution in [0, 0.1) is 11.7 Å². The van der Waals surface area contributed by atoms with Crippen molar-refractivity contribution < 1.29 is 4.39 Å². The van der Waals surface area contributed by atoms with Crippen molar-refractivity contribution >= 4 is 11.6 Å². The van der Waals surface area contributed by atoms with E-state index in [1.165, 1.54) is 0 Å². The van der Waals surface area contributed by atoms with Gasteiger partial charge in [0.15, 0.2) is 0 Å². The van der Waals surface area contributed by atoms with E-state index in [2.05, 4.69) is 33.0 Å². The van der Waals surface area contributed by atoms with Crippen LogP contribution in [-0.4, -0.2) is 12.1 Å². The molecule has 1 aromatic rings. The average molecular weight is 272 g/mol. The number of halogens is 2. The highest BCUT2D eigenvalue weighted by Gasteiger charge is 2.15. The third-order valence-corrected chi connectivity index (χ3v) is 3.33. The molecule has 0 aliphatic carbocycles. The van der Waals surface area contributed by atoms with Crippen LogP contribution in [0.5, 0.6) is 0 Å². The van der Waals surface area contributed by atoms with E-state index in [4.69, 9.17) is 11.6 Å². The summed E-state index contributed by atoms with van der Waals surface area (Å²) in [5.74, 6) is 0.158. The topological polar surface area (TPSA) is 12.0 Å². The van der Waals surface area contributed by atoms with Gasteiger partial charge < -0.3 is 5.32 Å². The zero-order valence-corrected chi connectivity index (χ0v) is 12.4. The number of rotatable bonds is 5. The molecule has 1 N–H and O–H groups in total. The van der Waals surface area contributed by atoms with Gasteiger partial charge in [0.1, 0.15) is 5.82 Å². The first kappa shape index (κ1) is 15.5. The molecule has 1 nitrogen and oxygen atoms in total. The number of hydrogen-bond donors (Lipinski definition) is 1. The van der Waals surface area contributed by atoms with Gasteiger partial charge in [0, 0.05) is 5.54 Å². The highest BCUT2D eigenvalue weighted by Crippen LogP contribution is 2.21. The van der Waals surface area contributed by atoms with E-state index < -0.39 is 0 Å². The predicted molar refractivity (Wildman–Crippen MR) is 76.7 cm³/mol. The minimum Gasteiger partial charge on any atom is -0.312 e. The lowest BCUT2D eigenvalue weighted by Crippen LogP contribution is -2.39. The van der Waals surface area contributed by atoms with E-state index in [-0.39, 0.29) is 16.4 Å². The first-order valence-electron chi connectivity index (χ1n) is 6.51. The number of hydrogen-bond acceptors (Lipinski definition) is 1. The second kappa shape index (κ2) is 6.53. The Labute approximate surface area is 115 Å². The van der Waals surface area contributed by atoms with Crippen molar-refractivity contribution in [3.63, 3.8) is 0 Å². The summed E-state index contributed by atoms with van der Waals surface area (Å²) in [6, 6.07) is 5.22.